The minimum atomic E-state index is 0.0229. The average molecular weight is 359 g/mol. The molecule has 142 valence electrons. The largest absolute Gasteiger partial charge is 0.496 e. The van der Waals surface area contributed by atoms with E-state index in [9.17, 15) is 9.59 Å². The molecule has 1 aromatic rings. The van der Waals surface area contributed by atoms with Gasteiger partial charge >= 0.3 is 6.03 Å². The topological polar surface area (TPSA) is 61.9 Å². The number of nitrogens with zero attached hydrogens (tertiary/aromatic N) is 2. The van der Waals surface area contributed by atoms with E-state index < -0.39 is 0 Å². The van der Waals surface area contributed by atoms with Gasteiger partial charge in [-0.15, -0.1) is 0 Å². The van der Waals surface area contributed by atoms with Crippen LogP contribution >= 0.6 is 0 Å². The van der Waals surface area contributed by atoms with Crippen molar-refractivity contribution in [1.82, 2.24) is 15.1 Å². The molecule has 0 spiro atoms. The van der Waals surface area contributed by atoms with Crippen LogP contribution in [0.25, 0.3) is 0 Å². The van der Waals surface area contributed by atoms with Gasteiger partial charge < -0.3 is 19.9 Å². The molecule has 1 aromatic carbocycles. The molecular weight excluding hydrogens is 330 g/mol. The van der Waals surface area contributed by atoms with E-state index in [4.69, 9.17) is 4.74 Å². The smallest absolute Gasteiger partial charge is 0.317 e. The second-order valence-corrected chi connectivity index (χ2v) is 7.28. The van der Waals surface area contributed by atoms with Gasteiger partial charge in [0.2, 0.25) is 5.91 Å². The van der Waals surface area contributed by atoms with Gasteiger partial charge in [0, 0.05) is 32.2 Å². The Hall–Kier alpha value is -2.24. The first-order valence-electron chi connectivity index (χ1n) is 9.53. The molecule has 1 aliphatic heterocycles. The first kappa shape index (κ1) is 18.5. The fourth-order valence-corrected chi connectivity index (χ4v) is 3.83. The van der Waals surface area contributed by atoms with Crippen molar-refractivity contribution < 1.29 is 14.3 Å². The van der Waals surface area contributed by atoms with Gasteiger partial charge in [0.15, 0.2) is 0 Å². The molecular formula is C20H29N3O3. The standard InChI is InChI=1S/C20H29N3O3/c1-15-13-16(7-8-18(15)26-2)14-19(24)22-9-11-23(12-10-22)20(25)21-17-5-3-4-6-17/h7-8,13,17H,3-6,9-12,14H2,1-2H3,(H,21,25). The average Bonchev–Trinajstić information content (AvgIpc) is 3.15. The van der Waals surface area contributed by atoms with Crippen LogP contribution in [-0.4, -0.2) is 61.1 Å². The number of benzene rings is 1. The number of aryl methyl sites for hydroxylation is 1. The molecule has 2 fully saturated rings. The van der Waals surface area contributed by atoms with Crippen LogP contribution in [0.2, 0.25) is 0 Å². The van der Waals surface area contributed by atoms with Crippen molar-refractivity contribution in [2.45, 2.75) is 45.1 Å². The number of methoxy groups -OCH3 is 1. The van der Waals surface area contributed by atoms with E-state index in [1.54, 1.807) is 7.11 Å². The molecule has 2 aliphatic rings. The minimum absolute atomic E-state index is 0.0229. The van der Waals surface area contributed by atoms with Gasteiger partial charge in [-0.1, -0.05) is 25.0 Å². The number of hydrogen-bond acceptors (Lipinski definition) is 3. The van der Waals surface area contributed by atoms with Crippen molar-refractivity contribution in [2.24, 2.45) is 0 Å². The van der Waals surface area contributed by atoms with E-state index in [2.05, 4.69) is 5.32 Å². The summed E-state index contributed by atoms with van der Waals surface area (Å²) in [6, 6.07) is 6.20. The lowest BCUT2D eigenvalue weighted by Crippen LogP contribution is -2.54. The first-order valence-corrected chi connectivity index (χ1v) is 9.53. The van der Waals surface area contributed by atoms with Crippen LogP contribution < -0.4 is 10.1 Å². The van der Waals surface area contributed by atoms with Crippen LogP contribution in [0.15, 0.2) is 18.2 Å². The minimum Gasteiger partial charge on any atom is -0.496 e. The Bertz CT molecular complexity index is 648. The number of amides is 3. The van der Waals surface area contributed by atoms with E-state index in [1.807, 2.05) is 34.9 Å². The van der Waals surface area contributed by atoms with Gasteiger partial charge in [0.25, 0.3) is 0 Å². The lowest BCUT2D eigenvalue weighted by molar-refractivity contribution is -0.131. The van der Waals surface area contributed by atoms with Crippen molar-refractivity contribution in [1.29, 1.82) is 0 Å². The quantitative estimate of drug-likeness (QED) is 0.898. The highest BCUT2D eigenvalue weighted by atomic mass is 16.5. The molecule has 0 aromatic heterocycles. The lowest BCUT2D eigenvalue weighted by atomic mass is 10.1. The van der Waals surface area contributed by atoms with Crippen LogP contribution in [0, 0.1) is 6.92 Å². The molecule has 1 N–H and O–H groups in total. The summed E-state index contributed by atoms with van der Waals surface area (Å²) >= 11 is 0. The summed E-state index contributed by atoms with van der Waals surface area (Å²) in [5.41, 5.74) is 2.03. The number of piperazine rings is 1. The molecule has 0 unspecified atom stereocenters. The number of hydrogen-bond donors (Lipinski definition) is 1. The van der Waals surface area contributed by atoms with Crippen molar-refractivity contribution in [3.63, 3.8) is 0 Å². The SMILES string of the molecule is COc1ccc(CC(=O)N2CCN(C(=O)NC3CCCC3)CC2)cc1C. The summed E-state index contributed by atoms with van der Waals surface area (Å²) in [4.78, 5) is 28.6. The zero-order chi connectivity index (χ0) is 18.5. The molecule has 6 nitrogen and oxygen atoms in total. The Morgan fingerprint density at radius 1 is 1.12 bits per heavy atom. The van der Waals surface area contributed by atoms with Crippen LogP contribution in [0.5, 0.6) is 5.75 Å². The number of urea groups is 1. The molecule has 1 heterocycles. The Morgan fingerprint density at radius 3 is 2.38 bits per heavy atom. The van der Waals surface area contributed by atoms with E-state index >= 15 is 0 Å². The maximum absolute atomic E-state index is 12.6. The van der Waals surface area contributed by atoms with Gasteiger partial charge in [-0.05, 0) is 37.0 Å². The Balaban J connectivity index is 1.47. The normalized spacial score (nSPS) is 18.1. The van der Waals surface area contributed by atoms with Crippen molar-refractivity contribution >= 4 is 11.9 Å². The lowest BCUT2D eigenvalue weighted by Gasteiger charge is -2.35. The Morgan fingerprint density at radius 2 is 1.77 bits per heavy atom. The number of ether oxygens (including phenoxy) is 1. The Kier molecular flexibility index (Phi) is 6.01. The summed E-state index contributed by atoms with van der Waals surface area (Å²) in [6.07, 6.45) is 4.98. The monoisotopic (exact) mass is 359 g/mol. The number of carbonyl (C=O) groups excluding carboxylic acids is 2. The molecule has 3 rings (SSSR count). The predicted octanol–water partition coefficient (Wildman–Crippen LogP) is 2.34. The number of rotatable bonds is 4. The third kappa shape index (κ3) is 4.48. The van der Waals surface area contributed by atoms with Crippen LogP contribution in [0.4, 0.5) is 4.79 Å². The third-order valence-corrected chi connectivity index (χ3v) is 5.42. The molecule has 1 saturated heterocycles. The molecule has 0 bridgehead atoms. The van der Waals surface area contributed by atoms with Gasteiger partial charge in [-0.2, -0.15) is 0 Å². The van der Waals surface area contributed by atoms with Gasteiger partial charge in [0.1, 0.15) is 5.75 Å². The zero-order valence-electron chi connectivity index (χ0n) is 15.8. The summed E-state index contributed by atoms with van der Waals surface area (Å²) in [7, 11) is 1.65. The fourth-order valence-electron chi connectivity index (χ4n) is 3.83. The number of carbonyl (C=O) groups is 2. The van der Waals surface area contributed by atoms with Crippen LogP contribution in [0.3, 0.4) is 0 Å². The molecule has 1 saturated carbocycles. The molecule has 0 atom stereocenters. The van der Waals surface area contributed by atoms with Crippen LogP contribution in [-0.2, 0) is 11.2 Å². The second-order valence-electron chi connectivity index (χ2n) is 7.28. The highest BCUT2D eigenvalue weighted by Crippen LogP contribution is 2.20. The molecule has 3 amide bonds. The molecule has 26 heavy (non-hydrogen) atoms. The summed E-state index contributed by atoms with van der Waals surface area (Å²) in [5.74, 6) is 0.952. The van der Waals surface area contributed by atoms with E-state index in [0.29, 0.717) is 38.6 Å². The molecule has 6 heteroatoms. The third-order valence-electron chi connectivity index (χ3n) is 5.42. The highest BCUT2D eigenvalue weighted by molar-refractivity contribution is 5.80. The maximum Gasteiger partial charge on any atom is 0.317 e. The molecule has 1 aliphatic carbocycles. The highest BCUT2D eigenvalue weighted by Gasteiger charge is 2.26. The summed E-state index contributed by atoms with van der Waals surface area (Å²) < 4.78 is 5.26. The maximum atomic E-state index is 12.6. The van der Waals surface area contributed by atoms with Gasteiger partial charge in [-0.25, -0.2) is 4.79 Å². The van der Waals surface area contributed by atoms with E-state index in [0.717, 1.165) is 29.7 Å². The fraction of sp³-hybridized carbons (Fsp3) is 0.600. The molecule has 0 radical (unpaired) electrons. The Labute approximate surface area is 155 Å². The first-order chi connectivity index (χ1) is 12.6. The number of nitrogens with one attached hydrogen (secondary N) is 1. The van der Waals surface area contributed by atoms with Gasteiger partial charge in [-0.3, -0.25) is 4.79 Å². The van der Waals surface area contributed by atoms with Gasteiger partial charge in [0.05, 0.1) is 13.5 Å². The van der Waals surface area contributed by atoms with Crippen molar-refractivity contribution in [3.05, 3.63) is 29.3 Å². The van der Waals surface area contributed by atoms with E-state index in [1.165, 1.54) is 12.8 Å². The van der Waals surface area contributed by atoms with E-state index in [-0.39, 0.29) is 11.9 Å². The van der Waals surface area contributed by atoms with Crippen LogP contribution in [0.1, 0.15) is 36.8 Å². The predicted molar refractivity (Wildman–Crippen MR) is 100 cm³/mol. The summed E-state index contributed by atoms with van der Waals surface area (Å²) in [5, 5.41) is 3.12. The zero-order valence-corrected chi connectivity index (χ0v) is 15.8. The second kappa shape index (κ2) is 8.43. The van der Waals surface area contributed by atoms with Crippen molar-refractivity contribution in [3.8, 4) is 5.75 Å². The van der Waals surface area contributed by atoms with Crippen molar-refractivity contribution in [2.75, 3.05) is 33.3 Å². The summed E-state index contributed by atoms with van der Waals surface area (Å²) in [6.45, 7) is 4.39.